The molecule has 0 spiro atoms. The van der Waals surface area contributed by atoms with Gasteiger partial charge in [0.25, 0.3) is 0 Å². The van der Waals surface area contributed by atoms with Crippen molar-refractivity contribution in [2.75, 3.05) is 0 Å². The Balaban J connectivity index is 1.71. The van der Waals surface area contributed by atoms with E-state index in [1.54, 1.807) is 12.1 Å². The molecule has 0 radical (unpaired) electrons. The van der Waals surface area contributed by atoms with E-state index in [1.807, 2.05) is 25.1 Å². The maximum Gasteiger partial charge on any atom is 0.446 e. The lowest BCUT2D eigenvalue weighted by molar-refractivity contribution is -0.0328. The largest absolute Gasteiger partial charge is 0.446 e. The van der Waals surface area contributed by atoms with E-state index in [4.69, 9.17) is 4.42 Å². The zero-order chi connectivity index (χ0) is 18.0. The normalized spacial score (nSPS) is 11.8. The van der Waals surface area contributed by atoms with Crippen LogP contribution in [0.1, 0.15) is 11.1 Å². The van der Waals surface area contributed by atoms with Gasteiger partial charge in [-0.05, 0) is 60.1 Å². The minimum Gasteiger partial charge on any atom is -0.423 e. The van der Waals surface area contributed by atoms with Gasteiger partial charge in [-0.25, -0.2) is 4.79 Å². The predicted molar refractivity (Wildman–Crippen MR) is 95.1 cm³/mol. The van der Waals surface area contributed by atoms with E-state index in [0.717, 1.165) is 21.4 Å². The van der Waals surface area contributed by atoms with Gasteiger partial charge in [0.15, 0.2) is 0 Å². The molecule has 0 N–H and O–H groups in total. The molecule has 0 aliphatic rings. The first kappa shape index (κ1) is 17.9. The number of rotatable bonds is 4. The maximum absolute atomic E-state index is 12.3. The van der Waals surface area contributed by atoms with Gasteiger partial charge >= 0.3 is 11.1 Å². The molecule has 2 aromatic carbocycles. The quantitative estimate of drug-likeness (QED) is 0.409. The summed E-state index contributed by atoms with van der Waals surface area (Å²) in [4.78, 5) is 12.6. The van der Waals surface area contributed by atoms with Crippen molar-refractivity contribution in [1.29, 1.82) is 0 Å². The highest BCUT2D eigenvalue weighted by atomic mass is 32.2. The van der Waals surface area contributed by atoms with Gasteiger partial charge < -0.3 is 4.42 Å². The second-order valence-electron chi connectivity index (χ2n) is 5.39. The second-order valence-corrected chi connectivity index (χ2v) is 7.57. The molecule has 0 unspecified atom stereocenters. The van der Waals surface area contributed by atoms with Crippen molar-refractivity contribution in [3.63, 3.8) is 0 Å². The second kappa shape index (κ2) is 7.17. The maximum atomic E-state index is 12.3. The van der Waals surface area contributed by atoms with Crippen LogP contribution in [-0.2, 0) is 5.75 Å². The Kier molecular flexibility index (Phi) is 5.15. The first-order valence-electron chi connectivity index (χ1n) is 7.32. The smallest absolute Gasteiger partial charge is 0.423 e. The van der Waals surface area contributed by atoms with Crippen LogP contribution in [0, 0.1) is 6.92 Å². The van der Waals surface area contributed by atoms with Crippen molar-refractivity contribution in [2.45, 2.75) is 28.0 Å². The van der Waals surface area contributed by atoms with Crippen LogP contribution < -0.4 is 5.63 Å². The number of alkyl halides is 3. The van der Waals surface area contributed by atoms with E-state index in [9.17, 15) is 18.0 Å². The van der Waals surface area contributed by atoms with E-state index < -0.39 is 5.51 Å². The van der Waals surface area contributed by atoms with Crippen molar-refractivity contribution < 1.29 is 17.6 Å². The number of fused-ring (bicyclic) bond motifs is 1. The highest BCUT2D eigenvalue weighted by Gasteiger charge is 2.28. The Morgan fingerprint density at radius 3 is 2.36 bits per heavy atom. The highest BCUT2D eigenvalue weighted by Crippen LogP contribution is 2.37. The number of hydrogen-bond donors (Lipinski definition) is 0. The third-order valence-electron chi connectivity index (χ3n) is 3.49. The summed E-state index contributed by atoms with van der Waals surface area (Å²) in [6.45, 7) is 1.85. The van der Waals surface area contributed by atoms with E-state index in [0.29, 0.717) is 11.3 Å². The van der Waals surface area contributed by atoms with Gasteiger partial charge in [0, 0.05) is 27.0 Å². The van der Waals surface area contributed by atoms with Gasteiger partial charge in [0.2, 0.25) is 0 Å². The van der Waals surface area contributed by atoms with Gasteiger partial charge in [-0.2, -0.15) is 13.2 Å². The molecule has 0 fully saturated rings. The Labute approximate surface area is 150 Å². The fourth-order valence-corrected chi connectivity index (χ4v) is 3.77. The van der Waals surface area contributed by atoms with Gasteiger partial charge in [0.05, 0.1) is 0 Å². The number of thioether (sulfide) groups is 2. The molecular formula is C18H13F3O2S2. The standard InChI is InChI=1S/C18H13F3O2S2/c1-11-8-17(22)23-16-9-14(6-7-15(11)16)24-10-12-2-4-13(5-3-12)25-18(19,20)21/h2-9H,10H2,1H3. The van der Waals surface area contributed by atoms with Crippen LogP contribution in [0.25, 0.3) is 11.0 Å². The SMILES string of the molecule is Cc1cc(=O)oc2cc(SCc3ccc(SC(F)(F)F)cc3)ccc12. The molecule has 0 saturated carbocycles. The Morgan fingerprint density at radius 1 is 1.00 bits per heavy atom. The fraction of sp³-hybridized carbons (Fsp3) is 0.167. The summed E-state index contributed by atoms with van der Waals surface area (Å²) in [6, 6.07) is 13.4. The van der Waals surface area contributed by atoms with Crippen molar-refractivity contribution in [1.82, 2.24) is 0 Å². The zero-order valence-electron chi connectivity index (χ0n) is 13.1. The molecule has 0 aliphatic heterocycles. The zero-order valence-corrected chi connectivity index (χ0v) is 14.7. The van der Waals surface area contributed by atoms with Crippen LogP contribution in [0.3, 0.4) is 0 Å². The minimum absolute atomic E-state index is 0.121. The average molecular weight is 382 g/mol. The van der Waals surface area contributed by atoms with Crippen LogP contribution in [0.15, 0.2) is 67.5 Å². The van der Waals surface area contributed by atoms with E-state index in [2.05, 4.69) is 0 Å². The number of halogens is 3. The van der Waals surface area contributed by atoms with E-state index in [1.165, 1.54) is 30.0 Å². The monoisotopic (exact) mass is 382 g/mol. The Bertz CT molecular complexity index is 947. The molecule has 3 aromatic rings. The molecule has 2 nitrogen and oxygen atoms in total. The molecule has 1 aromatic heterocycles. The van der Waals surface area contributed by atoms with Gasteiger partial charge in [-0.15, -0.1) is 11.8 Å². The van der Waals surface area contributed by atoms with E-state index in [-0.39, 0.29) is 22.3 Å². The molecule has 0 saturated heterocycles. The molecule has 3 rings (SSSR count). The molecule has 0 atom stereocenters. The van der Waals surface area contributed by atoms with Crippen molar-refractivity contribution in [3.8, 4) is 0 Å². The molecule has 0 amide bonds. The summed E-state index contributed by atoms with van der Waals surface area (Å²) in [5.41, 5.74) is -2.34. The highest BCUT2D eigenvalue weighted by molar-refractivity contribution is 8.00. The van der Waals surface area contributed by atoms with Gasteiger partial charge in [-0.3, -0.25) is 0 Å². The van der Waals surface area contributed by atoms with Gasteiger partial charge in [-0.1, -0.05) is 12.1 Å². The third-order valence-corrected chi connectivity index (χ3v) is 5.29. The lowest BCUT2D eigenvalue weighted by Gasteiger charge is -2.07. The average Bonchev–Trinajstić information content (AvgIpc) is 2.52. The number of hydrogen-bond acceptors (Lipinski definition) is 4. The molecular weight excluding hydrogens is 369 g/mol. The summed E-state index contributed by atoms with van der Waals surface area (Å²) >= 11 is 1.41. The predicted octanol–water partition coefficient (Wildman–Crippen LogP) is 6.01. The summed E-state index contributed by atoms with van der Waals surface area (Å²) in [5.74, 6) is 0.610. The number of benzene rings is 2. The molecule has 0 aliphatic carbocycles. The Hall–Kier alpha value is -1.86. The first-order valence-corrected chi connectivity index (χ1v) is 9.12. The van der Waals surface area contributed by atoms with E-state index >= 15 is 0 Å². The van der Waals surface area contributed by atoms with Crippen molar-refractivity contribution in [2.24, 2.45) is 0 Å². The molecule has 0 bridgehead atoms. The lowest BCUT2D eigenvalue weighted by atomic mass is 10.1. The number of aryl methyl sites for hydroxylation is 1. The molecule has 25 heavy (non-hydrogen) atoms. The summed E-state index contributed by atoms with van der Waals surface area (Å²) < 4.78 is 42.2. The van der Waals surface area contributed by atoms with Crippen LogP contribution in [0.5, 0.6) is 0 Å². The summed E-state index contributed by atoms with van der Waals surface area (Å²) in [7, 11) is 0. The van der Waals surface area contributed by atoms with Crippen LogP contribution >= 0.6 is 23.5 Å². The Morgan fingerprint density at radius 2 is 1.68 bits per heavy atom. The van der Waals surface area contributed by atoms with Gasteiger partial charge in [0.1, 0.15) is 5.58 Å². The summed E-state index contributed by atoms with van der Waals surface area (Å²) in [5, 5.41) is 0.887. The summed E-state index contributed by atoms with van der Waals surface area (Å²) in [6.07, 6.45) is 0. The first-order chi connectivity index (χ1) is 11.8. The molecule has 7 heteroatoms. The van der Waals surface area contributed by atoms with Crippen LogP contribution in [0.2, 0.25) is 0 Å². The topological polar surface area (TPSA) is 30.2 Å². The molecule has 130 valence electrons. The van der Waals surface area contributed by atoms with Crippen LogP contribution in [-0.4, -0.2) is 5.51 Å². The van der Waals surface area contributed by atoms with Crippen molar-refractivity contribution >= 4 is 34.5 Å². The molecule has 1 heterocycles. The fourth-order valence-electron chi connectivity index (χ4n) is 2.35. The third kappa shape index (κ3) is 4.83. The lowest BCUT2D eigenvalue weighted by Crippen LogP contribution is -1.98. The minimum atomic E-state index is -4.27. The van der Waals surface area contributed by atoms with Crippen LogP contribution in [0.4, 0.5) is 13.2 Å². The van der Waals surface area contributed by atoms with Crippen molar-refractivity contribution in [3.05, 3.63) is 70.1 Å².